The summed E-state index contributed by atoms with van der Waals surface area (Å²) in [6.07, 6.45) is 0. The summed E-state index contributed by atoms with van der Waals surface area (Å²) in [5, 5.41) is 2.00. The van der Waals surface area contributed by atoms with Gasteiger partial charge in [0, 0.05) is 31.6 Å². The number of sulfonamides is 1. The monoisotopic (exact) mass is 352 g/mol. The Morgan fingerprint density at radius 3 is 2.17 bits per heavy atom. The highest BCUT2D eigenvalue weighted by molar-refractivity contribution is 7.89. The van der Waals surface area contributed by atoms with E-state index in [1.165, 1.54) is 31.8 Å². The summed E-state index contributed by atoms with van der Waals surface area (Å²) in [5.74, 6) is -0.133. The average molecular weight is 352 g/mol. The van der Waals surface area contributed by atoms with Crippen LogP contribution < -0.4 is 0 Å². The van der Waals surface area contributed by atoms with Crippen LogP contribution in [0.25, 0.3) is 0 Å². The van der Waals surface area contributed by atoms with Crippen LogP contribution in [-0.4, -0.2) is 44.7 Å². The van der Waals surface area contributed by atoms with E-state index in [0.29, 0.717) is 12.1 Å². The standard InChI is InChI=1S/C16H20N2O3S2/c1-12-9-10-22-15(12)11-18(4)16(19)13-5-7-14(8-6-13)23(20,21)17(2)3/h5-10H,11H2,1-4H3. The molecule has 0 aliphatic rings. The Balaban J connectivity index is 2.16. The van der Waals surface area contributed by atoms with Crippen molar-refractivity contribution in [3.05, 3.63) is 51.7 Å². The Morgan fingerprint density at radius 1 is 1.09 bits per heavy atom. The van der Waals surface area contributed by atoms with E-state index in [2.05, 4.69) is 0 Å². The first-order valence-corrected chi connectivity index (χ1v) is 9.36. The van der Waals surface area contributed by atoms with Gasteiger partial charge in [-0.15, -0.1) is 11.3 Å². The first-order chi connectivity index (χ1) is 10.7. The van der Waals surface area contributed by atoms with Crippen LogP contribution in [0.3, 0.4) is 0 Å². The van der Waals surface area contributed by atoms with Gasteiger partial charge in [0.05, 0.1) is 11.4 Å². The summed E-state index contributed by atoms with van der Waals surface area (Å²) in [6, 6.07) is 8.06. The van der Waals surface area contributed by atoms with Crippen molar-refractivity contribution < 1.29 is 13.2 Å². The number of nitrogens with zero attached hydrogens (tertiary/aromatic N) is 2. The molecule has 1 amide bonds. The number of aryl methyl sites for hydroxylation is 1. The molecule has 7 heteroatoms. The summed E-state index contributed by atoms with van der Waals surface area (Å²) in [6.45, 7) is 2.56. The lowest BCUT2D eigenvalue weighted by atomic mass is 10.2. The Bertz CT molecular complexity index is 793. The van der Waals surface area contributed by atoms with Gasteiger partial charge >= 0.3 is 0 Å². The number of benzene rings is 1. The van der Waals surface area contributed by atoms with Crippen molar-refractivity contribution in [2.75, 3.05) is 21.1 Å². The second-order valence-electron chi connectivity index (χ2n) is 5.50. The highest BCUT2D eigenvalue weighted by atomic mass is 32.2. The lowest BCUT2D eigenvalue weighted by Gasteiger charge is -2.17. The Labute approximate surface area is 141 Å². The molecule has 0 saturated carbocycles. The third-order valence-electron chi connectivity index (χ3n) is 3.58. The summed E-state index contributed by atoms with van der Waals surface area (Å²) in [7, 11) is 1.22. The largest absolute Gasteiger partial charge is 0.337 e. The molecule has 2 rings (SSSR count). The van der Waals surface area contributed by atoms with Crippen LogP contribution in [-0.2, 0) is 16.6 Å². The molecule has 23 heavy (non-hydrogen) atoms. The highest BCUT2D eigenvalue weighted by Gasteiger charge is 2.19. The Kier molecular flexibility index (Phi) is 5.23. The minimum Gasteiger partial charge on any atom is -0.337 e. The first kappa shape index (κ1) is 17.7. The third kappa shape index (κ3) is 3.80. The maximum Gasteiger partial charge on any atom is 0.253 e. The SMILES string of the molecule is Cc1ccsc1CN(C)C(=O)c1ccc(S(=O)(=O)N(C)C)cc1. The van der Waals surface area contributed by atoms with Gasteiger partial charge in [-0.2, -0.15) is 0 Å². The number of thiophene rings is 1. The van der Waals surface area contributed by atoms with E-state index in [9.17, 15) is 13.2 Å². The molecule has 0 fully saturated rings. The second kappa shape index (κ2) is 6.82. The fourth-order valence-corrected chi connectivity index (χ4v) is 3.91. The van der Waals surface area contributed by atoms with Crippen LogP contribution in [0.1, 0.15) is 20.8 Å². The van der Waals surface area contributed by atoms with Gasteiger partial charge in [-0.25, -0.2) is 12.7 Å². The second-order valence-corrected chi connectivity index (χ2v) is 8.65. The molecule has 1 heterocycles. The van der Waals surface area contributed by atoms with E-state index in [0.717, 1.165) is 9.18 Å². The lowest BCUT2D eigenvalue weighted by molar-refractivity contribution is 0.0786. The first-order valence-electron chi connectivity index (χ1n) is 7.04. The van der Waals surface area contributed by atoms with Crippen LogP contribution in [0.15, 0.2) is 40.6 Å². The molecule has 0 spiro atoms. The molecule has 1 aromatic carbocycles. The molecular weight excluding hydrogens is 332 g/mol. The quantitative estimate of drug-likeness (QED) is 0.831. The molecule has 0 aliphatic heterocycles. The average Bonchev–Trinajstić information content (AvgIpc) is 2.91. The maximum atomic E-state index is 12.4. The van der Waals surface area contributed by atoms with Crippen LogP contribution in [0.4, 0.5) is 0 Å². The molecule has 124 valence electrons. The molecule has 0 atom stereocenters. The van der Waals surface area contributed by atoms with E-state index in [1.807, 2.05) is 18.4 Å². The molecule has 5 nitrogen and oxygen atoms in total. The zero-order valence-corrected chi connectivity index (χ0v) is 15.2. The fraction of sp³-hybridized carbons (Fsp3) is 0.312. The van der Waals surface area contributed by atoms with Gasteiger partial charge in [0.1, 0.15) is 0 Å². The zero-order valence-electron chi connectivity index (χ0n) is 13.6. The summed E-state index contributed by atoms with van der Waals surface area (Å²) in [4.78, 5) is 15.4. The van der Waals surface area contributed by atoms with Crippen molar-refractivity contribution in [2.45, 2.75) is 18.4 Å². The summed E-state index contributed by atoms with van der Waals surface area (Å²) in [5.41, 5.74) is 1.64. The number of carbonyl (C=O) groups excluding carboxylic acids is 1. The van der Waals surface area contributed by atoms with Crippen molar-refractivity contribution in [3.8, 4) is 0 Å². The summed E-state index contributed by atoms with van der Waals surface area (Å²) >= 11 is 1.62. The minimum absolute atomic E-state index is 0.133. The molecule has 1 aromatic heterocycles. The van der Waals surface area contributed by atoms with Gasteiger partial charge in [-0.3, -0.25) is 4.79 Å². The van der Waals surface area contributed by atoms with E-state index in [4.69, 9.17) is 0 Å². The number of hydrogen-bond donors (Lipinski definition) is 0. The normalized spacial score (nSPS) is 11.7. The smallest absolute Gasteiger partial charge is 0.253 e. The van der Waals surface area contributed by atoms with Crippen LogP contribution in [0.5, 0.6) is 0 Å². The van der Waals surface area contributed by atoms with Crippen LogP contribution in [0, 0.1) is 6.92 Å². The molecule has 2 aromatic rings. The van der Waals surface area contributed by atoms with E-state index in [-0.39, 0.29) is 10.8 Å². The van der Waals surface area contributed by atoms with E-state index in [1.54, 1.807) is 35.4 Å². The number of hydrogen-bond acceptors (Lipinski definition) is 4. The van der Waals surface area contributed by atoms with Gasteiger partial charge in [0.15, 0.2) is 0 Å². The van der Waals surface area contributed by atoms with Gasteiger partial charge < -0.3 is 4.90 Å². The predicted molar refractivity (Wildman–Crippen MR) is 92.2 cm³/mol. The van der Waals surface area contributed by atoms with Crippen LogP contribution in [0.2, 0.25) is 0 Å². The number of carbonyl (C=O) groups is 1. The zero-order chi connectivity index (χ0) is 17.2. The van der Waals surface area contributed by atoms with Gasteiger partial charge in [-0.1, -0.05) is 0 Å². The molecule has 0 aliphatic carbocycles. The molecule has 0 unspecified atom stereocenters. The van der Waals surface area contributed by atoms with Crippen LogP contribution >= 0.6 is 11.3 Å². The highest BCUT2D eigenvalue weighted by Crippen LogP contribution is 2.19. The van der Waals surface area contributed by atoms with Crippen molar-refractivity contribution >= 4 is 27.3 Å². The number of amides is 1. The fourth-order valence-electron chi connectivity index (χ4n) is 2.05. The van der Waals surface area contributed by atoms with Crippen molar-refractivity contribution in [1.29, 1.82) is 0 Å². The third-order valence-corrected chi connectivity index (χ3v) is 6.41. The van der Waals surface area contributed by atoms with Gasteiger partial charge in [0.25, 0.3) is 5.91 Å². The lowest BCUT2D eigenvalue weighted by Crippen LogP contribution is -2.26. The van der Waals surface area contributed by atoms with Crippen molar-refractivity contribution in [2.24, 2.45) is 0 Å². The van der Waals surface area contributed by atoms with Gasteiger partial charge in [-0.05, 0) is 48.2 Å². The minimum atomic E-state index is -3.48. The van der Waals surface area contributed by atoms with E-state index >= 15 is 0 Å². The van der Waals surface area contributed by atoms with Crippen molar-refractivity contribution in [1.82, 2.24) is 9.21 Å². The van der Waals surface area contributed by atoms with Gasteiger partial charge in [0.2, 0.25) is 10.0 Å². The topological polar surface area (TPSA) is 57.7 Å². The Morgan fingerprint density at radius 2 is 1.70 bits per heavy atom. The Hall–Kier alpha value is -1.70. The molecular formula is C16H20N2O3S2. The maximum absolute atomic E-state index is 12.4. The van der Waals surface area contributed by atoms with Crippen molar-refractivity contribution in [3.63, 3.8) is 0 Å². The molecule has 0 radical (unpaired) electrons. The molecule has 0 saturated heterocycles. The molecule has 0 N–H and O–H groups in total. The summed E-state index contributed by atoms with van der Waals surface area (Å²) < 4.78 is 25.2. The van der Waals surface area contributed by atoms with E-state index < -0.39 is 10.0 Å². The molecule has 0 bridgehead atoms. The number of rotatable bonds is 5. The predicted octanol–water partition coefficient (Wildman–Crippen LogP) is 2.58.